The van der Waals surface area contributed by atoms with Crippen molar-refractivity contribution in [3.63, 3.8) is 0 Å². The summed E-state index contributed by atoms with van der Waals surface area (Å²) >= 11 is 7.33. The van der Waals surface area contributed by atoms with Gasteiger partial charge in [0, 0.05) is 9.65 Å². The molecule has 0 aliphatic carbocycles. The van der Waals surface area contributed by atoms with Crippen molar-refractivity contribution in [1.29, 1.82) is 0 Å². The average Bonchev–Trinajstić information content (AvgIpc) is 2.27. The third kappa shape index (κ3) is 2.33. The molecule has 84 valence electrons. The Bertz CT molecular complexity index is 455. The number of hydrogen-bond acceptors (Lipinski definition) is 0. The molecule has 16 heavy (non-hydrogen) atoms. The molecule has 0 aromatic heterocycles. The van der Waals surface area contributed by atoms with Crippen LogP contribution in [0.2, 0.25) is 0 Å². The molecule has 0 N–H and O–H groups in total. The first-order valence-corrected chi connectivity index (χ1v) is 7.23. The third-order valence-corrected chi connectivity index (χ3v) is 3.79. The Morgan fingerprint density at radius 1 is 0.812 bits per heavy atom. The Hall–Kier alpha value is -0.340. The fourth-order valence-electron chi connectivity index (χ4n) is 1.96. The molecule has 0 bridgehead atoms. The molecule has 0 fully saturated rings. The lowest BCUT2D eigenvalue weighted by Crippen LogP contribution is -1.95. The zero-order valence-electron chi connectivity index (χ0n) is 9.37. The fraction of sp³-hybridized carbons (Fsp3) is 0.286. The van der Waals surface area contributed by atoms with E-state index in [0.29, 0.717) is 9.65 Å². The SMILES string of the molecule is CC(Br)c1cc2ccccc2cc1C(C)Br. The summed E-state index contributed by atoms with van der Waals surface area (Å²) in [7, 11) is 0. The largest absolute Gasteiger partial charge is 0.0842 e. The molecule has 2 atom stereocenters. The summed E-state index contributed by atoms with van der Waals surface area (Å²) in [6.07, 6.45) is 0. The molecular formula is C14H14Br2. The number of hydrogen-bond donors (Lipinski definition) is 0. The smallest absolute Gasteiger partial charge is 0.0370 e. The Morgan fingerprint density at radius 2 is 1.19 bits per heavy atom. The van der Waals surface area contributed by atoms with E-state index in [0.717, 1.165) is 0 Å². The lowest BCUT2D eigenvalue weighted by Gasteiger charge is -2.15. The first-order valence-electron chi connectivity index (χ1n) is 5.40. The summed E-state index contributed by atoms with van der Waals surface area (Å²) in [5, 5.41) is 2.61. The highest BCUT2D eigenvalue weighted by Crippen LogP contribution is 2.35. The Morgan fingerprint density at radius 3 is 1.50 bits per heavy atom. The van der Waals surface area contributed by atoms with Gasteiger partial charge in [-0.1, -0.05) is 56.1 Å². The van der Waals surface area contributed by atoms with Crippen molar-refractivity contribution < 1.29 is 0 Å². The van der Waals surface area contributed by atoms with Gasteiger partial charge < -0.3 is 0 Å². The zero-order chi connectivity index (χ0) is 11.7. The molecular weight excluding hydrogens is 328 g/mol. The quantitative estimate of drug-likeness (QED) is 0.610. The maximum Gasteiger partial charge on any atom is 0.0370 e. The van der Waals surface area contributed by atoms with Crippen LogP contribution in [0.1, 0.15) is 34.6 Å². The van der Waals surface area contributed by atoms with Crippen LogP contribution in [0.15, 0.2) is 36.4 Å². The van der Waals surface area contributed by atoms with E-state index in [9.17, 15) is 0 Å². The molecule has 0 saturated carbocycles. The average molecular weight is 342 g/mol. The normalized spacial score (nSPS) is 15.0. The van der Waals surface area contributed by atoms with Gasteiger partial charge in [-0.15, -0.1) is 0 Å². The summed E-state index contributed by atoms with van der Waals surface area (Å²) in [5.41, 5.74) is 2.73. The van der Waals surface area contributed by atoms with Crippen LogP contribution >= 0.6 is 31.9 Å². The van der Waals surface area contributed by atoms with E-state index in [2.05, 4.69) is 82.1 Å². The van der Waals surface area contributed by atoms with Gasteiger partial charge in [0.05, 0.1) is 0 Å². The summed E-state index contributed by atoms with van der Waals surface area (Å²) in [6, 6.07) is 13.1. The van der Waals surface area contributed by atoms with E-state index in [1.807, 2.05) is 0 Å². The van der Waals surface area contributed by atoms with Gasteiger partial charge in [-0.25, -0.2) is 0 Å². The zero-order valence-corrected chi connectivity index (χ0v) is 12.5. The van der Waals surface area contributed by atoms with Crippen LogP contribution in [-0.2, 0) is 0 Å². The standard InChI is InChI=1S/C14H14Br2/c1-9(15)13-7-11-5-3-4-6-12(11)8-14(13)10(2)16/h3-10H,1-2H3. The van der Waals surface area contributed by atoms with Crippen molar-refractivity contribution in [3.8, 4) is 0 Å². The molecule has 2 rings (SSSR count). The number of rotatable bonds is 2. The van der Waals surface area contributed by atoms with Crippen molar-refractivity contribution in [2.75, 3.05) is 0 Å². The van der Waals surface area contributed by atoms with Crippen LogP contribution in [0.25, 0.3) is 10.8 Å². The predicted molar refractivity (Wildman–Crippen MR) is 78.6 cm³/mol. The van der Waals surface area contributed by atoms with Crippen LogP contribution in [0.5, 0.6) is 0 Å². The highest BCUT2D eigenvalue weighted by atomic mass is 79.9. The first kappa shape index (κ1) is 12.1. The van der Waals surface area contributed by atoms with Crippen LogP contribution in [-0.4, -0.2) is 0 Å². The van der Waals surface area contributed by atoms with Gasteiger partial charge in [-0.05, 0) is 47.9 Å². The van der Waals surface area contributed by atoms with Gasteiger partial charge in [-0.2, -0.15) is 0 Å². The molecule has 0 aliphatic heterocycles. The van der Waals surface area contributed by atoms with Gasteiger partial charge in [-0.3, -0.25) is 0 Å². The van der Waals surface area contributed by atoms with Crippen molar-refractivity contribution in [2.24, 2.45) is 0 Å². The van der Waals surface area contributed by atoms with E-state index in [-0.39, 0.29) is 0 Å². The summed E-state index contributed by atoms with van der Waals surface area (Å²) in [6.45, 7) is 4.34. The summed E-state index contributed by atoms with van der Waals surface area (Å²) < 4.78 is 0. The molecule has 2 aromatic rings. The minimum absolute atomic E-state index is 0.382. The molecule has 0 radical (unpaired) electrons. The van der Waals surface area contributed by atoms with Crippen LogP contribution in [0.3, 0.4) is 0 Å². The molecule has 0 saturated heterocycles. The van der Waals surface area contributed by atoms with Gasteiger partial charge in [0.25, 0.3) is 0 Å². The molecule has 0 aliphatic rings. The van der Waals surface area contributed by atoms with E-state index < -0.39 is 0 Å². The highest BCUT2D eigenvalue weighted by Gasteiger charge is 2.12. The van der Waals surface area contributed by atoms with Gasteiger partial charge >= 0.3 is 0 Å². The van der Waals surface area contributed by atoms with Crippen molar-refractivity contribution in [1.82, 2.24) is 0 Å². The van der Waals surface area contributed by atoms with Gasteiger partial charge in [0.15, 0.2) is 0 Å². The Labute approximate surface area is 113 Å². The lowest BCUT2D eigenvalue weighted by atomic mass is 9.98. The predicted octanol–water partition coefficient (Wildman–Crippen LogP) is 5.75. The van der Waals surface area contributed by atoms with Crippen molar-refractivity contribution in [3.05, 3.63) is 47.5 Å². The maximum absolute atomic E-state index is 3.67. The molecule has 0 nitrogen and oxygen atoms in total. The fourth-order valence-corrected chi connectivity index (χ4v) is 2.76. The van der Waals surface area contributed by atoms with E-state index >= 15 is 0 Å². The lowest BCUT2D eigenvalue weighted by molar-refractivity contribution is 1.03. The third-order valence-electron chi connectivity index (χ3n) is 2.81. The number of benzene rings is 2. The molecule has 0 spiro atoms. The maximum atomic E-state index is 3.67. The van der Waals surface area contributed by atoms with Crippen molar-refractivity contribution >= 4 is 42.6 Å². The van der Waals surface area contributed by atoms with Gasteiger partial charge in [0.1, 0.15) is 0 Å². The number of alkyl halides is 2. The van der Waals surface area contributed by atoms with Gasteiger partial charge in [0.2, 0.25) is 0 Å². The Balaban J connectivity index is 2.71. The summed E-state index contributed by atoms with van der Waals surface area (Å²) in [5.74, 6) is 0. The highest BCUT2D eigenvalue weighted by molar-refractivity contribution is 9.09. The molecule has 2 unspecified atom stereocenters. The topological polar surface area (TPSA) is 0 Å². The first-order chi connectivity index (χ1) is 7.59. The van der Waals surface area contributed by atoms with Crippen LogP contribution < -0.4 is 0 Å². The van der Waals surface area contributed by atoms with Crippen LogP contribution in [0.4, 0.5) is 0 Å². The van der Waals surface area contributed by atoms with E-state index in [4.69, 9.17) is 0 Å². The minimum atomic E-state index is 0.382. The Kier molecular flexibility index (Phi) is 3.70. The van der Waals surface area contributed by atoms with Crippen molar-refractivity contribution in [2.45, 2.75) is 23.5 Å². The second kappa shape index (κ2) is 4.89. The number of fused-ring (bicyclic) bond motifs is 1. The second-order valence-electron chi connectivity index (χ2n) is 4.06. The minimum Gasteiger partial charge on any atom is -0.0842 e. The van der Waals surface area contributed by atoms with Crippen LogP contribution in [0, 0.1) is 0 Å². The molecule has 2 aromatic carbocycles. The van der Waals surface area contributed by atoms with E-state index in [1.165, 1.54) is 21.9 Å². The monoisotopic (exact) mass is 340 g/mol. The number of halogens is 2. The second-order valence-corrected chi connectivity index (χ2v) is 6.81. The van der Waals surface area contributed by atoms with E-state index in [1.54, 1.807) is 0 Å². The molecule has 0 amide bonds. The summed E-state index contributed by atoms with van der Waals surface area (Å²) in [4.78, 5) is 0.763. The molecule has 2 heteroatoms. The molecule has 0 heterocycles.